The molecule has 7 rings (SSSR count). The maximum atomic E-state index is 13.6. The number of benzene rings is 3. The van der Waals surface area contributed by atoms with Crippen LogP contribution in [-0.2, 0) is 24.3 Å². The Bertz CT molecular complexity index is 1570. The van der Waals surface area contributed by atoms with Gasteiger partial charge in [-0.3, -0.25) is 14.6 Å². The molecule has 0 spiro atoms. The summed E-state index contributed by atoms with van der Waals surface area (Å²) in [5.41, 5.74) is 7.78. The number of amides is 1. The van der Waals surface area contributed by atoms with Crippen LogP contribution in [-0.4, -0.2) is 57.5 Å². The summed E-state index contributed by atoms with van der Waals surface area (Å²) in [6, 6.07) is 23.3. The molecule has 2 aliphatic heterocycles. The van der Waals surface area contributed by atoms with Gasteiger partial charge in [-0.05, 0) is 52.3 Å². The molecular formula is C32H34N6O. The van der Waals surface area contributed by atoms with E-state index in [1.165, 1.54) is 27.8 Å². The van der Waals surface area contributed by atoms with E-state index >= 15 is 0 Å². The van der Waals surface area contributed by atoms with Crippen LogP contribution in [0.2, 0.25) is 0 Å². The Kier molecular flexibility index (Phi) is 6.05. The number of aromatic nitrogens is 2. The molecule has 1 aromatic heterocycles. The summed E-state index contributed by atoms with van der Waals surface area (Å²) in [7, 11) is 0. The predicted octanol–water partition coefficient (Wildman–Crippen LogP) is 4.41. The quantitative estimate of drug-likeness (QED) is 0.369. The first kappa shape index (κ1) is 24.2. The number of carbonyl (C=O) groups excluding carboxylic acids is 1. The Morgan fingerprint density at radius 1 is 0.923 bits per heavy atom. The Balaban J connectivity index is 1.14. The Morgan fingerprint density at radius 2 is 1.74 bits per heavy atom. The molecule has 1 unspecified atom stereocenters. The topological polar surface area (TPSA) is 73.4 Å². The van der Waals surface area contributed by atoms with Gasteiger partial charge in [0.05, 0.1) is 18.2 Å². The Morgan fingerprint density at radius 3 is 2.64 bits per heavy atom. The normalized spacial score (nSPS) is 21.2. The van der Waals surface area contributed by atoms with Crippen LogP contribution in [0.4, 0.5) is 5.82 Å². The van der Waals surface area contributed by atoms with Gasteiger partial charge in [-0.15, -0.1) is 0 Å². The molecule has 39 heavy (non-hydrogen) atoms. The van der Waals surface area contributed by atoms with E-state index in [1.54, 1.807) is 0 Å². The minimum absolute atomic E-state index is 0.0169. The van der Waals surface area contributed by atoms with E-state index in [0.717, 1.165) is 55.1 Å². The number of hydrogen-bond acceptors (Lipinski definition) is 6. The molecule has 1 aliphatic carbocycles. The van der Waals surface area contributed by atoms with Crippen LogP contribution in [0.15, 0.2) is 66.7 Å². The van der Waals surface area contributed by atoms with Crippen LogP contribution >= 0.6 is 0 Å². The van der Waals surface area contributed by atoms with Gasteiger partial charge in [0, 0.05) is 31.6 Å². The van der Waals surface area contributed by atoms with E-state index in [1.807, 2.05) is 24.3 Å². The summed E-state index contributed by atoms with van der Waals surface area (Å²) < 4.78 is 0. The molecule has 3 aromatic carbocycles. The zero-order valence-corrected chi connectivity index (χ0v) is 22.5. The van der Waals surface area contributed by atoms with Crippen LogP contribution < -0.4 is 10.6 Å². The molecule has 1 amide bonds. The first-order valence-corrected chi connectivity index (χ1v) is 14.0. The van der Waals surface area contributed by atoms with E-state index in [9.17, 15) is 4.79 Å². The molecule has 7 nitrogen and oxygen atoms in total. The van der Waals surface area contributed by atoms with Gasteiger partial charge in [0.2, 0.25) is 5.91 Å². The lowest BCUT2D eigenvalue weighted by Gasteiger charge is -2.42. The summed E-state index contributed by atoms with van der Waals surface area (Å²) in [6.07, 6.45) is 0.896. The number of carbonyl (C=O) groups is 1. The third-order valence-corrected chi connectivity index (χ3v) is 8.38. The monoisotopic (exact) mass is 518 g/mol. The molecule has 1 fully saturated rings. The minimum atomic E-state index is -0.384. The number of fused-ring (bicyclic) bond motifs is 8. The maximum Gasteiger partial charge on any atom is 0.244 e. The molecule has 1 saturated heterocycles. The standard InChI is InChI=1S/C32H34N6O/c1-20(2)30-32(39)35-29-19-37(17-21-11-12-25-23(15-21)16-22-7-3-4-8-24(22)25)13-14-38(29)18-28-33-27-10-6-5-9-26(27)31(34-28)36-30/h3-12,15,20,29-30H,13-14,16-19H2,1-2H3,(H,35,39)(H,33,34,36)/t29?,30-/m0/s1. The smallest absolute Gasteiger partial charge is 0.244 e. The fourth-order valence-corrected chi connectivity index (χ4v) is 6.33. The van der Waals surface area contributed by atoms with Crippen molar-refractivity contribution in [1.82, 2.24) is 25.1 Å². The highest BCUT2D eigenvalue weighted by Crippen LogP contribution is 2.37. The third kappa shape index (κ3) is 4.56. The molecule has 7 heteroatoms. The molecule has 3 heterocycles. The number of rotatable bonds is 3. The molecule has 2 bridgehead atoms. The van der Waals surface area contributed by atoms with Crippen molar-refractivity contribution in [3.63, 3.8) is 0 Å². The van der Waals surface area contributed by atoms with Gasteiger partial charge in [0.15, 0.2) is 0 Å². The molecule has 2 N–H and O–H groups in total. The van der Waals surface area contributed by atoms with Crippen molar-refractivity contribution < 1.29 is 4.79 Å². The molecular weight excluding hydrogens is 484 g/mol. The van der Waals surface area contributed by atoms with E-state index in [2.05, 4.69) is 76.7 Å². The Hall–Kier alpha value is -3.81. The van der Waals surface area contributed by atoms with Crippen LogP contribution in [0.3, 0.4) is 0 Å². The van der Waals surface area contributed by atoms with Gasteiger partial charge >= 0.3 is 0 Å². The fourth-order valence-electron chi connectivity index (χ4n) is 6.33. The number of nitrogens with zero attached hydrogens (tertiary/aromatic N) is 4. The summed E-state index contributed by atoms with van der Waals surface area (Å²) >= 11 is 0. The van der Waals surface area contributed by atoms with Crippen molar-refractivity contribution in [2.45, 2.75) is 45.6 Å². The Labute approximate surface area is 229 Å². The summed E-state index contributed by atoms with van der Waals surface area (Å²) in [5, 5.41) is 7.78. The van der Waals surface area contributed by atoms with Crippen molar-refractivity contribution in [2.24, 2.45) is 5.92 Å². The fraction of sp³-hybridized carbons (Fsp3) is 0.344. The lowest BCUT2D eigenvalue weighted by atomic mass is 10.0. The number of anilines is 1. The molecule has 3 aliphatic rings. The highest BCUT2D eigenvalue weighted by atomic mass is 16.2. The second-order valence-electron chi connectivity index (χ2n) is 11.4. The van der Waals surface area contributed by atoms with Crippen molar-refractivity contribution in [2.75, 3.05) is 25.0 Å². The van der Waals surface area contributed by atoms with Crippen LogP contribution in [0.25, 0.3) is 22.0 Å². The van der Waals surface area contributed by atoms with Crippen molar-refractivity contribution in [3.8, 4) is 11.1 Å². The van der Waals surface area contributed by atoms with Gasteiger partial charge in [0.1, 0.15) is 17.7 Å². The van der Waals surface area contributed by atoms with Crippen LogP contribution in [0.1, 0.15) is 36.4 Å². The lowest BCUT2D eigenvalue weighted by molar-refractivity contribution is -0.125. The zero-order chi connectivity index (χ0) is 26.5. The molecule has 4 aromatic rings. The largest absolute Gasteiger partial charge is 0.358 e. The maximum absolute atomic E-state index is 13.6. The predicted molar refractivity (Wildman–Crippen MR) is 154 cm³/mol. The van der Waals surface area contributed by atoms with E-state index in [-0.39, 0.29) is 24.0 Å². The number of piperazine rings is 1. The third-order valence-electron chi connectivity index (χ3n) is 8.38. The van der Waals surface area contributed by atoms with Gasteiger partial charge in [-0.25, -0.2) is 9.97 Å². The second-order valence-corrected chi connectivity index (χ2v) is 11.4. The van der Waals surface area contributed by atoms with Gasteiger partial charge in [0.25, 0.3) is 0 Å². The van der Waals surface area contributed by atoms with Gasteiger partial charge < -0.3 is 10.6 Å². The molecule has 0 radical (unpaired) electrons. The van der Waals surface area contributed by atoms with Crippen LogP contribution in [0, 0.1) is 5.92 Å². The van der Waals surface area contributed by atoms with Crippen LogP contribution in [0.5, 0.6) is 0 Å². The van der Waals surface area contributed by atoms with Crippen molar-refractivity contribution in [3.05, 3.63) is 89.2 Å². The second kappa shape index (κ2) is 9.74. The van der Waals surface area contributed by atoms with E-state index in [0.29, 0.717) is 6.54 Å². The summed E-state index contributed by atoms with van der Waals surface area (Å²) in [6.45, 7) is 8.14. The first-order valence-electron chi connectivity index (χ1n) is 14.0. The number of nitrogens with one attached hydrogen (secondary N) is 2. The lowest BCUT2D eigenvalue weighted by Crippen LogP contribution is -2.62. The molecule has 2 atom stereocenters. The number of para-hydroxylation sites is 1. The average Bonchev–Trinajstić information content (AvgIpc) is 3.30. The van der Waals surface area contributed by atoms with E-state index in [4.69, 9.17) is 9.97 Å². The number of hydrogen-bond donors (Lipinski definition) is 2. The first-order chi connectivity index (χ1) is 19.0. The minimum Gasteiger partial charge on any atom is -0.358 e. The average molecular weight is 519 g/mol. The highest BCUT2D eigenvalue weighted by Gasteiger charge is 2.33. The molecule has 0 saturated carbocycles. The van der Waals surface area contributed by atoms with Gasteiger partial charge in [-0.2, -0.15) is 0 Å². The SMILES string of the molecule is CC(C)[C@@H]1Nc2nc(nc3ccccc23)CN2CCN(Cc3ccc4c(c3)Cc3ccccc3-4)CC2NC1=O. The summed E-state index contributed by atoms with van der Waals surface area (Å²) in [5.74, 6) is 1.64. The van der Waals surface area contributed by atoms with Crippen molar-refractivity contribution >= 4 is 22.6 Å². The van der Waals surface area contributed by atoms with Crippen molar-refractivity contribution in [1.29, 1.82) is 0 Å². The molecule has 198 valence electrons. The van der Waals surface area contributed by atoms with Gasteiger partial charge in [-0.1, -0.05) is 68.4 Å². The zero-order valence-electron chi connectivity index (χ0n) is 22.5. The summed E-state index contributed by atoms with van der Waals surface area (Å²) in [4.78, 5) is 28.2. The van der Waals surface area contributed by atoms with E-state index < -0.39 is 0 Å². The highest BCUT2D eigenvalue weighted by molar-refractivity contribution is 5.92.